The lowest BCUT2D eigenvalue weighted by molar-refractivity contribution is -0.118. The third-order valence-corrected chi connectivity index (χ3v) is 3.38. The smallest absolute Gasteiger partial charge is 0.244 e. The van der Waals surface area contributed by atoms with E-state index in [0.29, 0.717) is 10.9 Å². The van der Waals surface area contributed by atoms with Crippen molar-refractivity contribution in [2.45, 2.75) is 6.04 Å². The summed E-state index contributed by atoms with van der Waals surface area (Å²) in [7, 11) is 0. The Kier molecular flexibility index (Phi) is 3.84. The number of rotatable bonds is 4. The van der Waals surface area contributed by atoms with Crippen LogP contribution in [0, 0.1) is 11.6 Å². The zero-order valence-corrected chi connectivity index (χ0v) is 11.8. The molecule has 0 saturated heterocycles. The van der Waals surface area contributed by atoms with Gasteiger partial charge in [-0.2, -0.15) is 0 Å². The number of aromatic nitrogens is 2. The van der Waals surface area contributed by atoms with E-state index in [1.165, 1.54) is 42.7 Å². The number of primary amides is 1. The average molecular weight is 314 g/mol. The van der Waals surface area contributed by atoms with Crippen molar-refractivity contribution in [2.24, 2.45) is 5.73 Å². The first-order chi connectivity index (χ1) is 11.1. The summed E-state index contributed by atoms with van der Waals surface area (Å²) in [6, 6.07) is 8.84. The van der Waals surface area contributed by atoms with Crippen LogP contribution in [0.3, 0.4) is 0 Å². The molecule has 0 bridgehead atoms. The van der Waals surface area contributed by atoms with Gasteiger partial charge in [0.1, 0.15) is 35.3 Å². The number of hydrogen-bond acceptors (Lipinski definition) is 4. The first-order valence-electron chi connectivity index (χ1n) is 6.77. The van der Waals surface area contributed by atoms with Gasteiger partial charge in [-0.15, -0.1) is 0 Å². The minimum atomic E-state index is -0.933. The third-order valence-electron chi connectivity index (χ3n) is 3.38. The Morgan fingerprint density at radius 2 is 1.83 bits per heavy atom. The maximum absolute atomic E-state index is 13.8. The molecule has 1 atom stereocenters. The lowest BCUT2D eigenvalue weighted by atomic mass is 10.1. The highest BCUT2D eigenvalue weighted by Crippen LogP contribution is 2.25. The molecule has 2 aromatic carbocycles. The highest BCUT2D eigenvalue weighted by molar-refractivity contribution is 5.92. The lowest BCUT2D eigenvalue weighted by Crippen LogP contribution is -2.28. The molecule has 0 radical (unpaired) electrons. The van der Waals surface area contributed by atoms with Crippen molar-refractivity contribution < 1.29 is 13.6 Å². The molecule has 0 aliphatic heterocycles. The molecular weight excluding hydrogens is 302 g/mol. The lowest BCUT2D eigenvalue weighted by Gasteiger charge is -2.17. The van der Waals surface area contributed by atoms with Gasteiger partial charge in [0.05, 0.1) is 0 Å². The number of fused-ring (bicyclic) bond motifs is 1. The van der Waals surface area contributed by atoms with E-state index in [4.69, 9.17) is 5.73 Å². The summed E-state index contributed by atoms with van der Waals surface area (Å²) >= 11 is 0. The SMILES string of the molecule is NC(=O)C(Nc1ncnc2c(F)cccc12)c1ccc(F)cc1. The monoisotopic (exact) mass is 314 g/mol. The van der Waals surface area contributed by atoms with Crippen molar-refractivity contribution in [3.63, 3.8) is 0 Å². The van der Waals surface area contributed by atoms with E-state index in [2.05, 4.69) is 15.3 Å². The Morgan fingerprint density at radius 3 is 2.52 bits per heavy atom. The molecular formula is C16H12F2N4O. The average Bonchev–Trinajstić information content (AvgIpc) is 2.54. The van der Waals surface area contributed by atoms with Gasteiger partial charge in [-0.3, -0.25) is 4.79 Å². The van der Waals surface area contributed by atoms with E-state index < -0.39 is 23.6 Å². The fraction of sp³-hybridized carbons (Fsp3) is 0.0625. The molecule has 3 rings (SSSR count). The van der Waals surface area contributed by atoms with E-state index in [9.17, 15) is 13.6 Å². The fourth-order valence-electron chi connectivity index (χ4n) is 2.28. The van der Waals surface area contributed by atoms with E-state index in [1.807, 2.05) is 0 Å². The van der Waals surface area contributed by atoms with Gasteiger partial charge in [-0.1, -0.05) is 18.2 Å². The molecule has 116 valence electrons. The predicted molar refractivity (Wildman–Crippen MR) is 81.5 cm³/mol. The van der Waals surface area contributed by atoms with Crippen LogP contribution in [-0.4, -0.2) is 15.9 Å². The Bertz CT molecular complexity index is 868. The van der Waals surface area contributed by atoms with Crippen LogP contribution in [-0.2, 0) is 4.79 Å². The maximum atomic E-state index is 13.8. The molecule has 0 saturated carbocycles. The number of hydrogen-bond donors (Lipinski definition) is 2. The summed E-state index contributed by atoms with van der Waals surface area (Å²) in [4.78, 5) is 19.7. The summed E-state index contributed by atoms with van der Waals surface area (Å²) in [5.74, 6) is -1.32. The van der Waals surface area contributed by atoms with E-state index in [0.717, 1.165) is 0 Å². The number of anilines is 1. The molecule has 1 unspecified atom stereocenters. The number of benzene rings is 2. The van der Waals surface area contributed by atoms with E-state index in [1.54, 1.807) is 6.07 Å². The van der Waals surface area contributed by atoms with Gasteiger partial charge < -0.3 is 11.1 Å². The summed E-state index contributed by atoms with van der Waals surface area (Å²) in [5.41, 5.74) is 6.02. The molecule has 3 aromatic rings. The fourth-order valence-corrected chi connectivity index (χ4v) is 2.28. The molecule has 1 aromatic heterocycles. The second-order valence-corrected chi connectivity index (χ2v) is 4.89. The number of para-hydroxylation sites is 1. The number of amides is 1. The molecule has 23 heavy (non-hydrogen) atoms. The topological polar surface area (TPSA) is 80.9 Å². The quantitative estimate of drug-likeness (QED) is 0.775. The Hall–Kier alpha value is -3.09. The second kappa shape index (κ2) is 5.96. The highest BCUT2D eigenvalue weighted by Gasteiger charge is 2.20. The molecule has 3 N–H and O–H groups in total. The molecule has 5 nitrogen and oxygen atoms in total. The van der Waals surface area contributed by atoms with Crippen LogP contribution in [0.25, 0.3) is 10.9 Å². The van der Waals surface area contributed by atoms with Crippen molar-refractivity contribution >= 4 is 22.6 Å². The van der Waals surface area contributed by atoms with Crippen LogP contribution in [0.5, 0.6) is 0 Å². The Morgan fingerprint density at radius 1 is 1.09 bits per heavy atom. The molecule has 1 heterocycles. The van der Waals surface area contributed by atoms with Gasteiger partial charge in [0, 0.05) is 5.39 Å². The van der Waals surface area contributed by atoms with Crippen molar-refractivity contribution in [1.29, 1.82) is 0 Å². The van der Waals surface area contributed by atoms with Crippen molar-refractivity contribution in [1.82, 2.24) is 9.97 Å². The second-order valence-electron chi connectivity index (χ2n) is 4.89. The van der Waals surface area contributed by atoms with Gasteiger partial charge in [0.15, 0.2) is 0 Å². The minimum Gasteiger partial charge on any atom is -0.368 e. The Labute approximate surface area is 130 Å². The number of halogens is 2. The van der Waals surface area contributed by atoms with Crippen LogP contribution in [0.4, 0.5) is 14.6 Å². The zero-order chi connectivity index (χ0) is 16.4. The zero-order valence-electron chi connectivity index (χ0n) is 11.8. The number of nitrogens with zero attached hydrogens (tertiary/aromatic N) is 2. The van der Waals surface area contributed by atoms with Crippen molar-refractivity contribution in [3.05, 3.63) is 66.0 Å². The number of nitrogens with one attached hydrogen (secondary N) is 1. The Balaban J connectivity index is 2.03. The van der Waals surface area contributed by atoms with Gasteiger partial charge in [-0.25, -0.2) is 18.7 Å². The van der Waals surface area contributed by atoms with E-state index >= 15 is 0 Å². The predicted octanol–water partition coefficient (Wildman–Crippen LogP) is 2.55. The minimum absolute atomic E-state index is 0.132. The summed E-state index contributed by atoms with van der Waals surface area (Å²) in [6.45, 7) is 0. The maximum Gasteiger partial charge on any atom is 0.244 e. The van der Waals surface area contributed by atoms with Crippen LogP contribution in [0.2, 0.25) is 0 Å². The summed E-state index contributed by atoms with van der Waals surface area (Å²) in [5, 5.41) is 3.29. The summed E-state index contributed by atoms with van der Waals surface area (Å²) < 4.78 is 26.8. The molecule has 0 aliphatic carbocycles. The van der Waals surface area contributed by atoms with Gasteiger partial charge >= 0.3 is 0 Å². The van der Waals surface area contributed by atoms with Gasteiger partial charge in [0.25, 0.3) is 0 Å². The standard InChI is InChI=1S/C16H12F2N4O/c17-10-6-4-9(5-7-10)13(15(19)23)22-16-11-2-1-3-12(18)14(11)20-8-21-16/h1-8,13H,(H2,19,23)(H,20,21,22). The van der Waals surface area contributed by atoms with Crippen molar-refractivity contribution in [2.75, 3.05) is 5.32 Å². The normalized spacial score (nSPS) is 12.1. The first kappa shape index (κ1) is 14.8. The number of carbonyl (C=O) groups excluding carboxylic acids is 1. The molecule has 7 heteroatoms. The van der Waals surface area contributed by atoms with Crippen LogP contribution >= 0.6 is 0 Å². The molecule has 0 aliphatic rings. The van der Waals surface area contributed by atoms with E-state index in [-0.39, 0.29) is 11.3 Å². The van der Waals surface area contributed by atoms with Gasteiger partial charge in [-0.05, 0) is 29.8 Å². The number of nitrogens with two attached hydrogens (primary N) is 1. The third kappa shape index (κ3) is 2.94. The molecule has 1 amide bonds. The van der Waals surface area contributed by atoms with Crippen LogP contribution < -0.4 is 11.1 Å². The van der Waals surface area contributed by atoms with Crippen LogP contribution in [0.15, 0.2) is 48.8 Å². The molecule has 0 fully saturated rings. The number of carbonyl (C=O) groups is 1. The highest BCUT2D eigenvalue weighted by atomic mass is 19.1. The van der Waals surface area contributed by atoms with Crippen molar-refractivity contribution in [3.8, 4) is 0 Å². The summed E-state index contributed by atoms with van der Waals surface area (Å²) in [6.07, 6.45) is 1.19. The molecule has 0 spiro atoms. The largest absolute Gasteiger partial charge is 0.368 e. The van der Waals surface area contributed by atoms with Gasteiger partial charge in [0.2, 0.25) is 5.91 Å². The first-order valence-corrected chi connectivity index (χ1v) is 6.77. The van der Waals surface area contributed by atoms with Crippen LogP contribution in [0.1, 0.15) is 11.6 Å².